The first kappa shape index (κ1) is 19.4. The first-order chi connectivity index (χ1) is 13.9. The third-order valence-electron chi connectivity index (χ3n) is 5.99. The molecule has 1 heterocycles. The molecule has 2 amide bonds. The number of halogens is 1. The van der Waals surface area contributed by atoms with Crippen LogP contribution in [0.15, 0.2) is 42.5 Å². The minimum atomic E-state index is -0.922. The summed E-state index contributed by atoms with van der Waals surface area (Å²) in [7, 11) is 0. The molecular formula is C23H26FN3O2. The maximum absolute atomic E-state index is 13.2. The Morgan fingerprint density at radius 1 is 0.966 bits per heavy atom. The molecule has 4 rings (SSSR count). The van der Waals surface area contributed by atoms with E-state index in [1.165, 1.54) is 12.1 Å². The second-order valence-corrected chi connectivity index (χ2v) is 8.11. The zero-order chi connectivity index (χ0) is 20.6. The molecule has 0 atom stereocenters. The Morgan fingerprint density at radius 2 is 1.62 bits per heavy atom. The van der Waals surface area contributed by atoms with E-state index in [0.29, 0.717) is 39.0 Å². The minimum Gasteiger partial charge on any atom is -0.368 e. The van der Waals surface area contributed by atoms with Gasteiger partial charge in [-0.1, -0.05) is 12.1 Å². The lowest BCUT2D eigenvalue weighted by atomic mass is 10.0. The maximum atomic E-state index is 13.2. The van der Waals surface area contributed by atoms with Crippen LogP contribution in [0.25, 0.3) is 0 Å². The van der Waals surface area contributed by atoms with Crippen LogP contribution in [0.1, 0.15) is 24.0 Å². The molecule has 2 aromatic rings. The zero-order valence-electron chi connectivity index (χ0n) is 16.9. The Hall–Kier alpha value is -2.89. The zero-order valence-corrected chi connectivity index (χ0v) is 16.9. The quantitative estimate of drug-likeness (QED) is 0.806. The van der Waals surface area contributed by atoms with E-state index in [2.05, 4.69) is 10.2 Å². The number of hydrogen-bond acceptors (Lipinski definition) is 3. The fourth-order valence-electron chi connectivity index (χ4n) is 3.90. The molecule has 1 saturated heterocycles. The molecule has 0 bridgehead atoms. The standard InChI is InChI=1S/C23H26FN3O2/c1-16-3-4-17(2)20(15-16)25-21(28)23(9-10-23)22(29)27-13-11-26(12-14-27)19-7-5-18(24)6-8-19/h3-8,15H,9-14H2,1-2H3,(H,25,28). The summed E-state index contributed by atoms with van der Waals surface area (Å²) in [5.74, 6) is -0.524. The van der Waals surface area contributed by atoms with E-state index in [1.54, 1.807) is 17.0 Å². The minimum absolute atomic E-state index is 0.0703. The highest BCUT2D eigenvalue weighted by Gasteiger charge is 2.58. The van der Waals surface area contributed by atoms with Crippen LogP contribution in [0.3, 0.4) is 0 Å². The summed E-state index contributed by atoms with van der Waals surface area (Å²) >= 11 is 0. The van der Waals surface area contributed by atoms with E-state index in [0.717, 1.165) is 22.5 Å². The molecule has 1 aliphatic carbocycles. The predicted octanol–water partition coefficient (Wildman–Crippen LogP) is 3.51. The lowest BCUT2D eigenvalue weighted by Crippen LogP contribution is -2.52. The van der Waals surface area contributed by atoms with E-state index >= 15 is 0 Å². The van der Waals surface area contributed by atoms with Gasteiger partial charge in [0.05, 0.1) is 0 Å². The van der Waals surface area contributed by atoms with Crippen molar-refractivity contribution in [2.24, 2.45) is 5.41 Å². The first-order valence-electron chi connectivity index (χ1n) is 10.1. The van der Waals surface area contributed by atoms with Gasteiger partial charge in [-0.15, -0.1) is 0 Å². The van der Waals surface area contributed by atoms with Gasteiger partial charge in [-0.3, -0.25) is 9.59 Å². The van der Waals surface area contributed by atoms with Crippen molar-refractivity contribution in [2.75, 3.05) is 36.4 Å². The van der Waals surface area contributed by atoms with Crippen LogP contribution in [-0.4, -0.2) is 42.9 Å². The van der Waals surface area contributed by atoms with Gasteiger partial charge in [-0.25, -0.2) is 4.39 Å². The number of benzene rings is 2. The van der Waals surface area contributed by atoms with Crippen LogP contribution in [-0.2, 0) is 9.59 Å². The van der Waals surface area contributed by atoms with Crippen molar-refractivity contribution in [3.63, 3.8) is 0 Å². The van der Waals surface area contributed by atoms with Crippen LogP contribution < -0.4 is 10.2 Å². The van der Waals surface area contributed by atoms with Gasteiger partial charge in [0.15, 0.2) is 0 Å². The number of piperazine rings is 1. The summed E-state index contributed by atoms with van der Waals surface area (Å²) in [4.78, 5) is 30.0. The highest BCUT2D eigenvalue weighted by atomic mass is 19.1. The Balaban J connectivity index is 1.39. The number of carbonyl (C=O) groups excluding carboxylic acids is 2. The average Bonchev–Trinajstić information content (AvgIpc) is 3.53. The highest BCUT2D eigenvalue weighted by molar-refractivity contribution is 6.13. The Morgan fingerprint density at radius 3 is 2.24 bits per heavy atom. The van der Waals surface area contributed by atoms with E-state index in [4.69, 9.17) is 0 Å². The molecule has 1 saturated carbocycles. The molecule has 0 spiro atoms. The van der Waals surface area contributed by atoms with E-state index in [1.807, 2.05) is 32.0 Å². The van der Waals surface area contributed by atoms with Crippen LogP contribution >= 0.6 is 0 Å². The maximum Gasteiger partial charge on any atom is 0.240 e. The Bertz CT molecular complexity index is 930. The van der Waals surface area contributed by atoms with Gasteiger partial charge in [0.2, 0.25) is 11.8 Å². The molecule has 29 heavy (non-hydrogen) atoms. The summed E-state index contributed by atoms with van der Waals surface area (Å²) < 4.78 is 13.1. The fourth-order valence-corrected chi connectivity index (χ4v) is 3.90. The molecule has 2 fully saturated rings. The number of carbonyl (C=O) groups is 2. The van der Waals surface area contributed by atoms with Crippen LogP contribution in [0.5, 0.6) is 0 Å². The summed E-state index contributed by atoms with van der Waals surface area (Å²) in [5, 5.41) is 2.98. The molecule has 2 aromatic carbocycles. The third-order valence-corrected chi connectivity index (χ3v) is 5.99. The summed E-state index contributed by atoms with van der Waals surface area (Å²) in [6, 6.07) is 12.3. The van der Waals surface area contributed by atoms with Crippen molar-refractivity contribution in [3.05, 3.63) is 59.4 Å². The summed E-state index contributed by atoms with van der Waals surface area (Å²) in [5.41, 5.74) is 2.86. The van der Waals surface area contributed by atoms with E-state index in [9.17, 15) is 14.0 Å². The summed E-state index contributed by atoms with van der Waals surface area (Å²) in [6.45, 7) is 6.40. The van der Waals surface area contributed by atoms with E-state index < -0.39 is 5.41 Å². The Kier molecular flexibility index (Phi) is 5.03. The van der Waals surface area contributed by atoms with Gasteiger partial charge in [-0.2, -0.15) is 0 Å². The molecule has 2 aliphatic rings. The normalized spacial score (nSPS) is 17.8. The van der Waals surface area contributed by atoms with Crippen molar-refractivity contribution in [1.82, 2.24) is 4.90 Å². The van der Waals surface area contributed by atoms with Gasteiger partial charge >= 0.3 is 0 Å². The number of nitrogens with one attached hydrogen (secondary N) is 1. The predicted molar refractivity (Wildman–Crippen MR) is 111 cm³/mol. The van der Waals surface area contributed by atoms with Crippen LogP contribution in [0, 0.1) is 25.1 Å². The molecule has 152 valence electrons. The van der Waals surface area contributed by atoms with Crippen molar-refractivity contribution in [1.29, 1.82) is 0 Å². The third kappa shape index (κ3) is 3.84. The molecule has 1 N–H and O–H groups in total. The van der Waals surface area contributed by atoms with Crippen LogP contribution in [0.4, 0.5) is 15.8 Å². The molecule has 0 aromatic heterocycles. The molecule has 6 heteroatoms. The smallest absolute Gasteiger partial charge is 0.240 e. The monoisotopic (exact) mass is 395 g/mol. The molecular weight excluding hydrogens is 369 g/mol. The topological polar surface area (TPSA) is 52.7 Å². The first-order valence-corrected chi connectivity index (χ1v) is 10.1. The SMILES string of the molecule is Cc1ccc(C)c(NC(=O)C2(C(=O)N3CCN(c4ccc(F)cc4)CC3)CC2)c1. The molecule has 0 unspecified atom stereocenters. The lowest BCUT2D eigenvalue weighted by Gasteiger charge is -2.37. The number of anilines is 2. The van der Waals surface area contributed by atoms with Crippen molar-refractivity contribution in [3.8, 4) is 0 Å². The van der Waals surface area contributed by atoms with E-state index in [-0.39, 0.29) is 17.6 Å². The van der Waals surface area contributed by atoms with Crippen molar-refractivity contribution >= 4 is 23.2 Å². The van der Waals surface area contributed by atoms with Crippen molar-refractivity contribution < 1.29 is 14.0 Å². The van der Waals surface area contributed by atoms with Crippen LogP contribution in [0.2, 0.25) is 0 Å². The number of aryl methyl sites for hydroxylation is 2. The van der Waals surface area contributed by atoms with Gasteiger partial charge < -0.3 is 15.1 Å². The van der Waals surface area contributed by atoms with Gasteiger partial charge in [0.25, 0.3) is 0 Å². The molecule has 0 radical (unpaired) electrons. The number of hydrogen-bond donors (Lipinski definition) is 1. The molecule has 1 aliphatic heterocycles. The molecule has 5 nitrogen and oxygen atoms in total. The van der Waals surface area contributed by atoms with Crippen molar-refractivity contribution in [2.45, 2.75) is 26.7 Å². The summed E-state index contributed by atoms with van der Waals surface area (Å²) in [6.07, 6.45) is 1.20. The number of amides is 2. The second-order valence-electron chi connectivity index (χ2n) is 8.11. The lowest BCUT2D eigenvalue weighted by molar-refractivity contribution is -0.142. The number of rotatable bonds is 4. The average molecular weight is 395 g/mol. The number of nitrogens with zero attached hydrogens (tertiary/aromatic N) is 2. The Labute approximate surface area is 170 Å². The largest absolute Gasteiger partial charge is 0.368 e. The van der Waals surface area contributed by atoms with Gasteiger partial charge in [0, 0.05) is 37.6 Å². The van der Waals surface area contributed by atoms with Gasteiger partial charge in [0.1, 0.15) is 11.2 Å². The highest BCUT2D eigenvalue weighted by Crippen LogP contribution is 2.48. The van der Waals surface area contributed by atoms with Gasteiger partial charge in [-0.05, 0) is 68.1 Å². The second kappa shape index (κ2) is 7.50. The fraction of sp³-hybridized carbons (Fsp3) is 0.391.